The Labute approximate surface area is 130 Å². The molecule has 0 heterocycles. The number of rotatable bonds is 14. The van der Waals surface area contributed by atoms with Gasteiger partial charge in [-0.25, -0.2) is 0 Å². The minimum Gasteiger partial charge on any atom is -0.379 e. The van der Waals surface area contributed by atoms with Crippen molar-refractivity contribution in [3.8, 4) is 0 Å². The highest BCUT2D eigenvalue weighted by Gasteiger charge is 2.11. The SMILES string of the molecule is CCCOCC(C)OCC(C)OCC(C)OCC(C)OC. The maximum absolute atomic E-state index is 5.71. The number of ether oxygens (including phenoxy) is 5. The van der Waals surface area contributed by atoms with Gasteiger partial charge < -0.3 is 23.7 Å². The van der Waals surface area contributed by atoms with Crippen LogP contribution >= 0.6 is 0 Å². The maximum Gasteiger partial charge on any atom is 0.0781 e. The van der Waals surface area contributed by atoms with Gasteiger partial charge >= 0.3 is 0 Å². The molecule has 0 aliphatic rings. The number of hydrogen-bond donors (Lipinski definition) is 0. The minimum atomic E-state index is 0.0459. The lowest BCUT2D eigenvalue weighted by Gasteiger charge is -2.20. The highest BCUT2D eigenvalue weighted by atomic mass is 16.6. The smallest absolute Gasteiger partial charge is 0.0781 e. The van der Waals surface area contributed by atoms with Crippen molar-refractivity contribution in [3.05, 3.63) is 0 Å². The second-order valence-electron chi connectivity index (χ2n) is 5.55. The molecular formula is C16H34O5. The second-order valence-corrected chi connectivity index (χ2v) is 5.55. The summed E-state index contributed by atoms with van der Waals surface area (Å²) >= 11 is 0. The molecule has 0 radical (unpaired) electrons. The lowest BCUT2D eigenvalue weighted by Crippen LogP contribution is -2.28. The lowest BCUT2D eigenvalue weighted by atomic mass is 10.3. The molecule has 128 valence electrons. The van der Waals surface area contributed by atoms with E-state index in [1.165, 1.54) is 0 Å². The highest BCUT2D eigenvalue weighted by molar-refractivity contribution is 4.56. The van der Waals surface area contributed by atoms with E-state index in [0.29, 0.717) is 26.4 Å². The van der Waals surface area contributed by atoms with Gasteiger partial charge in [-0.15, -0.1) is 0 Å². The van der Waals surface area contributed by atoms with Crippen LogP contribution in [-0.2, 0) is 23.7 Å². The summed E-state index contributed by atoms with van der Waals surface area (Å²) in [5.74, 6) is 0. The van der Waals surface area contributed by atoms with E-state index in [1.54, 1.807) is 7.11 Å². The van der Waals surface area contributed by atoms with Crippen molar-refractivity contribution >= 4 is 0 Å². The summed E-state index contributed by atoms with van der Waals surface area (Å²) in [5, 5.41) is 0. The van der Waals surface area contributed by atoms with E-state index in [2.05, 4.69) is 6.92 Å². The van der Waals surface area contributed by atoms with Crippen molar-refractivity contribution in [3.63, 3.8) is 0 Å². The average Bonchev–Trinajstić information content (AvgIpc) is 2.48. The van der Waals surface area contributed by atoms with Gasteiger partial charge in [0.05, 0.1) is 50.8 Å². The molecule has 0 bridgehead atoms. The zero-order valence-electron chi connectivity index (χ0n) is 14.6. The Balaban J connectivity index is 3.58. The van der Waals surface area contributed by atoms with Gasteiger partial charge in [0.2, 0.25) is 0 Å². The normalized spacial score (nSPS) is 17.4. The molecule has 0 amide bonds. The molecule has 0 rings (SSSR count). The van der Waals surface area contributed by atoms with Crippen LogP contribution in [0.2, 0.25) is 0 Å². The van der Waals surface area contributed by atoms with E-state index in [9.17, 15) is 0 Å². The first-order valence-corrected chi connectivity index (χ1v) is 7.94. The molecule has 5 heteroatoms. The van der Waals surface area contributed by atoms with Gasteiger partial charge in [0.1, 0.15) is 0 Å². The summed E-state index contributed by atoms with van der Waals surface area (Å²) in [7, 11) is 1.68. The fourth-order valence-corrected chi connectivity index (χ4v) is 1.51. The van der Waals surface area contributed by atoms with Gasteiger partial charge in [-0.2, -0.15) is 0 Å². The Morgan fingerprint density at radius 3 is 1.52 bits per heavy atom. The van der Waals surface area contributed by atoms with E-state index >= 15 is 0 Å². The van der Waals surface area contributed by atoms with E-state index in [4.69, 9.17) is 23.7 Å². The Hall–Kier alpha value is -0.200. The monoisotopic (exact) mass is 306 g/mol. The summed E-state index contributed by atoms with van der Waals surface area (Å²) in [6.45, 7) is 13.2. The van der Waals surface area contributed by atoms with E-state index in [0.717, 1.165) is 13.0 Å². The molecule has 0 N–H and O–H groups in total. The molecule has 21 heavy (non-hydrogen) atoms. The second kappa shape index (κ2) is 13.5. The fourth-order valence-electron chi connectivity index (χ4n) is 1.51. The van der Waals surface area contributed by atoms with E-state index in [1.807, 2.05) is 27.7 Å². The molecule has 4 unspecified atom stereocenters. The predicted molar refractivity (Wildman–Crippen MR) is 83.8 cm³/mol. The van der Waals surface area contributed by atoms with Gasteiger partial charge in [-0.3, -0.25) is 0 Å². The zero-order chi connectivity index (χ0) is 16.1. The molecule has 0 aliphatic heterocycles. The van der Waals surface area contributed by atoms with Crippen molar-refractivity contribution in [2.45, 2.75) is 65.5 Å². The number of hydrogen-bond acceptors (Lipinski definition) is 5. The average molecular weight is 306 g/mol. The largest absolute Gasteiger partial charge is 0.379 e. The minimum absolute atomic E-state index is 0.0459. The zero-order valence-corrected chi connectivity index (χ0v) is 14.6. The first-order valence-electron chi connectivity index (χ1n) is 7.94. The van der Waals surface area contributed by atoms with Crippen molar-refractivity contribution in [2.24, 2.45) is 0 Å². The molecule has 0 spiro atoms. The van der Waals surface area contributed by atoms with Crippen molar-refractivity contribution < 1.29 is 23.7 Å². The van der Waals surface area contributed by atoms with Crippen molar-refractivity contribution in [1.82, 2.24) is 0 Å². The quantitative estimate of drug-likeness (QED) is 0.462. The standard InChI is InChI=1S/C16H34O5/c1-7-8-18-9-14(3)20-11-16(5)21-12-15(4)19-10-13(2)17-6/h13-16H,7-12H2,1-6H3. The topological polar surface area (TPSA) is 46.2 Å². The highest BCUT2D eigenvalue weighted by Crippen LogP contribution is 2.02. The van der Waals surface area contributed by atoms with Crippen molar-refractivity contribution in [2.75, 3.05) is 40.1 Å². The molecule has 0 aromatic carbocycles. The predicted octanol–water partition coefficient (Wildman–Crippen LogP) is 2.66. The first kappa shape index (κ1) is 20.8. The number of methoxy groups -OCH3 is 1. The fraction of sp³-hybridized carbons (Fsp3) is 1.00. The van der Waals surface area contributed by atoms with Crippen LogP contribution in [0.5, 0.6) is 0 Å². The summed E-state index contributed by atoms with van der Waals surface area (Å²) < 4.78 is 27.6. The molecule has 0 aromatic rings. The molecule has 0 aliphatic carbocycles. The Morgan fingerprint density at radius 1 is 0.667 bits per heavy atom. The van der Waals surface area contributed by atoms with Gasteiger partial charge in [-0.1, -0.05) is 6.92 Å². The Bertz CT molecular complexity index is 225. The molecule has 0 fully saturated rings. The molecule has 0 saturated carbocycles. The Kier molecular flexibility index (Phi) is 13.3. The van der Waals surface area contributed by atoms with Crippen LogP contribution in [-0.4, -0.2) is 64.6 Å². The Morgan fingerprint density at radius 2 is 1.10 bits per heavy atom. The van der Waals surface area contributed by atoms with Crippen LogP contribution in [0.3, 0.4) is 0 Å². The van der Waals surface area contributed by atoms with Crippen LogP contribution in [0.25, 0.3) is 0 Å². The third-order valence-corrected chi connectivity index (χ3v) is 2.95. The summed E-state index contributed by atoms with van der Waals surface area (Å²) in [6.07, 6.45) is 1.34. The van der Waals surface area contributed by atoms with E-state index < -0.39 is 0 Å². The summed E-state index contributed by atoms with van der Waals surface area (Å²) in [4.78, 5) is 0. The molecule has 4 atom stereocenters. The van der Waals surface area contributed by atoms with Crippen molar-refractivity contribution in [1.29, 1.82) is 0 Å². The van der Waals surface area contributed by atoms with Gasteiger partial charge in [-0.05, 0) is 34.1 Å². The van der Waals surface area contributed by atoms with Gasteiger partial charge in [0.15, 0.2) is 0 Å². The van der Waals surface area contributed by atoms with E-state index in [-0.39, 0.29) is 24.4 Å². The molecule has 5 nitrogen and oxygen atoms in total. The maximum atomic E-state index is 5.71. The van der Waals surface area contributed by atoms with Crippen LogP contribution in [0.15, 0.2) is 0 Å². The third-order valence-electron chi connectivity index (χ3n) is 2.95. The van der Waals surface area contributed by atoms with Crippen LogP contribution in [0.4, 0.5) is 0 Å². The summed E-state index contributed by atoms with van der Waals surface area (Å²) in [5.41, 5.74) is 0. The van der Waals surface area contributed by atoms with Crippen LogP contribution in [0, 0.1) is 0 Å². The summed E-state index contributed by atoms with van der Waals surface area (Å²) in [6, 6.07) is 0. The molecular weight excluding hydrogens is 272 g/mol. The third kappa shape index (κ3) is 13.2. The molecule has 0 saturated heterocycles. The van der Waals surface area contributed by atoms with Gasteiger partial charge in [0, 0.05) is 13.7 Å². The van der Waals surface area contributed by atoms with Gasteiger partial charge in [0.25, 0.3) is 0 Å². The van der Waals surface area contributed by atoms with Crippen LogP contribution in [0.1, 0.15) is 41.0 Å². The molecule has 0 aromatic heterocycles. The lowest BCUT2D eigenvalue weighted by molar-refractivity contribution is -0.0890. The van der Waals surface area contributed by atoms with Crippen LogP contribution < -0.4 is 0 Å². The first-order chi connectivity index (χ1) is 9.99.